The molecule has 0 aromatic carbocycles. The Bertz CT molecular complexity index is 637. The third kappa shape index (κ3) is 8.04. The summed E-state index contributed by atoms with van der Waals surface area (Å²) in [5, 5.41) is 0. The van der Waals surface area contributed by atoms with Crippen LogP contribution in [-0.2, 0) is 19.2 Å². The quantitative estimate of drug-likeness (QED) is 0.256. The lowest BCUT2D eigenvalue weighted by Crippen LogP contribution is -2.43. The molecule has 0 N–H and O–H groups in total. The van der Waals surface area contributed by atoms with E-state index in [1.165, 1.54) is 18.2 Å². The van der Waals surface area contributed by atoms with Crippen LogP contribution in [0.3, 0.4) is 0 Å². The van der Waals surface area contributed by atoms with Gasteiger partial charge in [0.25, 0.3) is 0 Å². The van der Waals surface area contributed by atoms with Crippen molar-refractivity contribution in [3.05, 3.63) is 0 Å². The van der Waals surface area contributed by atoms with E-state index in [0.717, 1.165) is 57.8 Å². The van der Waals surface area contributed by atoms with Gasteiger partial charge in [-0.2, -0.15) is 9.98 Å². The number of aliphatic imine (C=N–C) groups is 4. The largest absolute Gasteiger partial charge is 0.237 e. The van der Waals surface area contributed by atoms with Crippen LogP contribution in [0.4, 0.5) is 0 Å². The second-order valence-electron chi connectivity index (χ2n) is 7.16. The van der Waals surface area contributed by atoms with E-state index in [0.29, 0.717) is 25.8 Å². The smallest absolute Gasteiger partial charge is 0.211 e. The molecule has 28 heavy (non-hydrogen) atoms. The Morgan fingerprint density at radius 2 is 1.43 bits per heavy atom. The molecule has 0 radical (unpaired) electrons. The number of hydrogen-bond acceptors (Lipinski definition) is 8. The minimum absolute atomic E-state index is 0.288. The highest BCUT2D eigenvalue weighted by Gasteiger charge is 2.45. The summed E-state index contributed by atoms with van der Waals surface area (Å²) < 4.78 is 0. The van der Waals surface area contributed by atoms with Gasteiger partial charge in [-0.1, -0.05) is 44.9 Å². The first-order chi connectivity index (χ1) is 13.7. The van der Waals surface area contributed by atoms with E-state index in [1.54, 1.807) is 6.08 Å². The topological polar surface area (TPSA) is 118 Å². The minimum Gasteiger partial charge on any atom is -0.211 e. The molecule has 0 spiro atoms. The maximum atomic E-state index is 10.9. The lowest BCUT2D eigenvalue weighted by Gasteiger charge is -2.38. The molecule has 0 aliphatic heterocycles. The van der Waals surface area contributed by atoms with Gasteiger partial charge in [-0.3, -0.25) is 0 Å². The van der Waals surface area contributed by atoms with Gasteiger partial charge in [0, 0.05) is 5.92 Å². The number of unbranched alkanes of at least 4 members (excludes halogenated alkanes) is 6. The molecule has 0 aromatic rings. The zero-order valence-electron chi connectivity index (χ0n) is 16.3. The fraction of sp³-hybridized carbons (Fsp3) is 0.800. The summed E-state index contributed by atoms with van der Waals surface area (Å²) in [4.78, 5) is 57.9. The Morgan fingerprint density at radius 3 is 2.04 bits per heavy atom. The van der Waals surface area contributed by atoms with Crippen molar-refractivity contribution in [1.29, 1.82) is 0 Å². The predicted octanol–water partition coefficient (Wildman–Crippen LogP) is 3.71. The number of rotatable bonds is 14. The molecule has 0 bridgehead atoms. The molecule has 1 saturated carbocycles. The Labute approximate surface area is 165 Å². The summed E-state index contributed by atoms with van der Waals surface area (Å²) in [5.41, 5.74) is -1.20. The highest BCUT2D eigenvalue weighted by Crippen LogP contribution is 2.42. The van der Waals surface area contributed by atoms with Crippen LogP contribution in [0, 0.1) is 5.92 Å². The summed E-state index contributed by atoms with van der Waals surface area (Å²) in [6.45, 7) is 0.546. The van der Waals surface area contributed by atoms with Crippen LogP contribution in [0.1, 0.15) is 77.0 Å². The molecule has 1 rings (SSSR count). The van der Waals surface area contributed by atoms with Crippen molar-refractivity contribution in [3.63, 3.8) is 0 Å². The molecule has 152 valence electrons. The van der Waals surface area contributed by atoms with E-state index < -0.39 is 5.66 Å². The van der Waals surface area contributed by atoms with E-state index in [2.05, 4.69) is 20.0 Å². The monoisotopic (exact) mass is 388 g/mol. The molecule has 8 nitrogen and oxygen atoms in total. The molecular formula is C20H28N4O4. The molecular weight excluding hydrogens is 360 g/mol. The van der Waals surface area contributed by atoms with Gasteiger partial charge in [0.2, 0.25) is 24.3 Å². The zero-order valence-corrected chi connectivity index (χ0v) is 16.3. The molecule has 1 aliphatic rings. The average molecular weight is 388 g/mol. The normalized spacial score (nSPS) is 21.9. The van der Waals surface area contributed by atoms with Crippen molar-refractivity contribution in [2.45, 2.75) is 88.8 Å². The van der Waals surface area contributed by atoms with E-state index >= 15 is 0 Å². The summed E-state index contributed by atoms with van der Waals surface area (Å²) in [6, 6.07) is -0.367. The summed E-state index contributed by atoms with van der Waals surface area (Å²) in [6.07, 6.45) is 16.9. The van der Waals surface area contributed by atoms with Crippen molar-refractivity contribution in [3.8, 4) is 0 Å². The molecule has 0 saturated heterocycles. The highest BCUT2D eigenvalue weighted by molar-refractivity contribution is 5.40. The Hall–Kier alpha value is -2.48. The van der Waals surface area contributed by atoms with E-state index in [4.69, 9.17) is 0 Å². The van der Waals surface area contributed by atoms with Crippen LogP contribution < -0.4 is 0 Å². The molecule has 1 fully saturated rings. The van der Waals surface area contributed by atoms with Gasteiger partial charge in [-0.15, -0.1) is 0 Å². The lowest BCUT2D eigenvalue weighted by atomic mass is 9.74. The average Bonchev–Trinajstić information content (AvgIpc) is 2.69. The summed E-state index contributed by atoms with van der Waals surface area (Å²) in [7, 11) is 0. The van der Waals surface area contributed by atoms with Crippen LogP contribution >= 0.6 is 0 Å². The first kappa shape index (κ1) is 23.6. The lowest BCUT2D eigenvalue weighted by molar-refractivity contribution is 0.164. The van der Waals surface area contributed by atoms with Crippen molar-refractivity contribution < 1.29 is 19.2 Å². The van der Waals surface area contributed by atoms with Crippen molar-refractivity contribution in [2.24, 2.45) is 25.9 Å². The second kappa shape index (κ2) is 14.6. The molecule has 0 amide bonds. The molecule has 1 aliphatic carbocycles. The fourth-order valence-electron chi connectivity index (χ4n) is 4.02. The van der Waals surface area contributed by atoms with Gasteiger partial charge in [0.15, 0.2) is 5.66 Å². The van der Waals surface area contributed by atoms with Gasteiger partial charge in [0.1, 0.15) is 0 Å². The van der Waals surface area contributed by atoms with Crippen LogP contribution in [0.15, 0.2) is 20.0 Å². The molecule has 8 heteroatoms. The SMILES string of the molecule is O=C=NCCCCCCCCCC(N=C=O)C1CCCCC1(N=C=O)N=C=O. The third-order valence-corrected chi connectivity index (χ3v) is 5.40. The van der Waals surface area contributed by atoms with Crippen molar-refractivity contribution in [1.82, 2.24) is 0 Å². The third-order valence-electron chi connectivity index (χ3n) is 5.40. The second-order valence-corrected chi connectivity index (χ2v) is 7.16. The van der Waals surface area contributed by atoms with E-state index in [1.807, 2.05) is 0 Å². The van der Waals surface area contributed by atoms with E-state index in [-0.39, 0.29) is 12.0 Å². The fourth-order valence-corrected chi connectivity index (χ4v) is 4.02. The first-order valence-electron chi connectivity index (χ1n) is 10.0. The number of isocyanates is 4. The maximum absolute atomic E-state index is 10.9. The number of nitrogens with zero attached hydrogens (tertiary/aromatic N) is 4. The minimum atomic E-state index is -1.20. The predicted molar refractivity (Wildman–Crippen MR) is 103 cm³/mol. The Kier molecular flexibility index (Phi) is 12.3. The van der Waals surface area contributed by atoms with Crippen LogP contribution in [0.25, 0.3) is 0 Å². The van der Waals surface area contributed by atoms with Crippen LogP contribution in [0.5, 0.6) is 0 Å². The highest BCUT2D eigenvalue weighted by atomic mass is 16.1. The van der Waals surface area contributed by atoms with Gasteiger partial charge in [0.05, 0.1) is 12.6 Å². The van der Waals surface area contributed by atoms with Crippen LogP contribution in [-0.4, -0.2) is 42.6 Å². The molecule has 0 heterocycles. The van der Waals surface area contributed by atoms with Gasteiger partial charge in [-0.25, -0.2) is 29.2 Å². The molecule has 2 unspecified atom stereocenters. The number of hydrogen-bond donors (Lipinski definition) is 0. The van der Waals surface area contributed by atoms with Crippen molar-refractivity contribution in [2.75, 3.05) is 6.54 Å². The summed E-state index contributed by atoms with van der Waals surface area (Å²) >= 11 is 0. The van der Waals surface area contributed by atoms with Crippen molar-refractivity contribution >= 4 is 24.3 Å². The standard InChI is InChI=1S/C20H28N4O4/c25-14-21-13-9-5-3-1-2-4-6-11-19(22-15-26)18-10-7-8-12-20(18,23-16-27)24-17-28/h18-19H,1-13H2. The molecule has 0 aromatic heterocycles. The van der Waals surface area contributed by atoms with Crippen LogP contribution in [0.2, 0.25) is 0 Å². The van der Waals surface area contributed by atoms with Gasteiger partial charge in [-0.05, 0) is 32.1 Å². The first-order valence-corrected chi connectivity index (χ1v) is 10.0. The zero-order chi connectivity index (χ0) is 20.5. The van der Waals surface area contributed by atoms with E-state index in [9.17, 15) is 19.2 Å². The van der Waals surface area contributed by atoms with Gasteiger partial charge >= 0.3 is 0 Å². The van der Waals surface area contributed by atoms with Gasteiger partial charge < -0.3 is 0 Å². The number of carbonyl (C=O) groups excluding carboxylic acids is 4. The maximum Gasteiger partial charge on any atom is 0.237 e. The Balaban J connectivity index is 2.52. The molecule has 2 atom stereocenters. The Morgan fingerprint density at radius 1 is 0.786 bits per heavy atom. The summed E-state index contributed by atoms with van der Waals surface area (Å²) in [5.74, 6) is -0.288.